The number of aromatic nitrogens is 14. The van der Waals surface area contributed by atoms with Gasteiger partial charge >= 0.3 is 0 Å². The minimum atomic E-state index is 0. The highest BCUT2D eigenvalue weighted by molar-refractivity contribution is 4.85. The van der Waals surface area contributed by atoms with Gasteiger partial charge in [0.1, 0.15) is 93.3 Å². The molecule has 1 unspecified atom stereocenters. The van der Waals surface area contributed by atoms with Gasteiger partial charge < -0.3 is 116 Å². The summed E-state index contributed by atoms with van der Waals surface area (Å²) in [6.07, 6.45) is 76.0. The van der Waals surface area contributed by atoms with Gasteiger partial charge in [0.25, 0.3) is 0 Å². The highest BCUT2D eigenvalue weighted by Crippen LogP contribution is 2.14. The molecule has 7 rings (SSSR count). The Hall–Kier alpha value is -4.16. The molecule has 20 nitrogen and oxygen atoms in total. The first kappa shape index (κ1) is 118. The molecule has 0 amide bonds. The van der Waals surface area contributed by atoms with Crippen molar-refractivity contribution in [1.29, 1.82) is 0 Å². The molecule has 0 aliphatic rings. The van der Waals surface area contributed by atoms with Crippen LogP contribution in [0.2, 0.25) is 0 Å². The average Bonchev–Trinajstić information content (AvgIpc) is 1.87. The Morgan fingerprint density at radius 2 is 0.505 bits per heavy atom. The Morgan fingerprint density at radius 3 is 0.789 bits per heavy atom. The maximum atomic E-state index is 9.14. The number of hydrogen-bond donors (Lipinski definition) is 1. The fraction of sp³-hybridized carbons (Fsp3) is 0.720. The van der Waals surface area contributed by atoms with Crippen molar-refractivity contribution in [3.8, 4) is 0 Å². The number of imidazole rings is 7. The molecule has 0 aliphatic heterocycles. The van der Waals surface area contributed by atoms with Gasteiger partial charge in [0.15, 0.2) is 0 Å². The number of ether oxygens (including phenoxy) is 5. The molecule has 1 N–H and O–H groups in total. The van der Waals surface area contributed by atoms with Gasteiger partial charge in [-0.3, -0.25) is 0 Å². The molecule has 7 heterocycles. The van der Waals surface area contributed by atoms with Crippen molar-refractivity contribution >= 4 is 0 Å². The van der Waals surface area contributed by atoms with Crippen LogP contribution in [0.4, 0.5) is 0 Å². The maximum Gasteiger partial charge on any atom is 0.243 e. The Morgan fingerprint density at radius 1 is 0.275 bits per heavy atom. The molecular weight excluding hydrogens is 1530 g/mol. The third-order valence-electron chi connectivity index (χ3n) is 17.0. The van der Waals surface area contributed by atoms with Gasteiger partial charge in [-0.15, -0.1) is 0 Å². The highest BCUT2D eigenvalue weighted by atomic mass is 35.5. The van der Waals surface area contributed by atoms with Crippen molar-refractivity contribution in [1.82, 2.24) is 32.0 Å². The molecular formula is C82H155Cl7N14O6. The summed E-state index contributed by atoms with van der Waals surface area (Å²) >= 11 is 0. The molecule has 109 heavy (non-hydrogen) atoms. The van der Waals surface area contributed by atoms with Crippen LogP contribution in [-0.2, 0) is 119 Å². The Balaban J connectivity index is -0.000000222. The molecule has 27 heteroatoms. The number of unbranched alkanes of at least 4 members (excludes halogenated alkanes) is 15. The second-order valence-corrected chi connectivity index (χ2v) is 28.0. The molecule has 0 bridgehead atoms. The molecule has 0 radical (unpaired) electrons. The van der Waals surface area contributed by atoms with Gasteiger partial charge in [-0.2, -0.15) is 0 Å². The van der Waals surface area contributed by atoms with Crippen LogP contribution in [0.25, 0.3) is 0 Å². The van der Waals surface area contributed by atoms with Gasteiger partial charge in [0.2, 0.25) is 44.3 Å². The summed E-state index contributed by atoms with van der Waals surface area (Å²) in [6, 6.07) is 0. The summed E-state index contributed by atoms with van der Waals surface area (Å²) in [5, 5.41) is 9.14. The summed E-state index contributed by atoms with van der Waals surface area (Å²) in [5.74, 6) is 1.38. The number of nitrogens with zero attached hydrogens (tertiary/aromatic N) is 14. The van der Waals surface area contributed by atoms with E-state index >= 15 is 0 Å². The Kier molecular flexibility index (Phi) is 90.2. The van der Waals surface area contributed by atoms with E-state index in [0.29, 0.717) is 45.4 Å². The lowest BCUT2D eigenvalue weighted by atomic mass is 10.0. The number of aliphatic hydroxyl groups excluding tert-OH is 1. The third kappa shape index (κ3) is 73.8. The van der Waals surface area contributed by atoms with Gasteiger partial charge in [-0.25, -0.2) is 63.9 Å². The molecule has 0 saturated carbocycles. The third-order valence-corrected chi connectivity index (χ3v) is 17.0. The van der Waals surface area contributed by atoms with E-state index in [9.17, 15) is 0 Å². The lowest BCUT2D eigenvalue weighted by molar-refractivity contribution is -0.671. The van der Waals surface area contributed by atoms with Crippen LogP contribution >= 0.6 is 0 Å². The summed E-state index contributed by atoms with van der Waals surface area (Å²) in [5.41, 5.74) is 0. The first-order valence-corrected chi connectivity index (χ1v) is 39.7. The van der Waals surface area contributed by atoms with Crippen molar-refractivity contribution in [2.24, 2.45) is 61.2 Å². The maximum absolute atomic E-state index is 9.14. The smallest absolute Gasteiger partial charge is 0.243 e. The lowest BCUT2D eigenvalue weighted by Crippen LogP contribution is -3.00. The van der Waals surface area contributed by atoms with Crippen molar-refractivity contribution < 1.29 is 148 Å². The average molecular weight is 1680 g/mol. The second-order valence-electron chi connectivity index (χ2n) is 28.0. The number of allylic oxidation sites excluding steroid dienone is 1. The fourth-order valence-electron chi connectivity index (χ4n) is 10.7. The van der Waals surface area contributed by atoms with Crippen LogP contribution in [0, 0.1) is 11.8 Å². The van der Waals surface area contributed by atoms with Crippen molar-refractivity contribution in [2.45, 2.75) is 262 Å². The SMILES string of the molecule is C=C(O)C(C)CCCCn1cc[n+](C)c1.CC(C)CCCCn1cc[n+](C)c1.CCCCCCCCCn1cc[n+](C)c1.CCCCCCCn1cc[n+](C)c1.CCCCCn1cc[n+](C)c1.CCCCOCCOCCOCCCn1cc[n+](C)c1.CCCOCCOCCn1cc[n+](C)c1.[Cl-].[Cl-].[Cl-].[Cl-].[Cl-].[Cl-].[Cl-]. The minimum absolute atomic E-state index is 0. The van der Waals surface area contributed by atoms with Gasteiger partial charge in [0, 0.05) is 25.6 Å². The van der Waals surface area contributed by atoms with Crippen LogP contribution in [0.1, 0.15) is 216 Å². The van der Waals surface area contributed by atoms with E-state index in [-0.39, 0.29) is 92.8 Å². The van der Waals surface area contributed by atoms with E-state index in [2.05, 4.69) is 233 Å². The monoisotopic (exact) mass is 1680 g/mol. The molecule has 0 aromatic carbocycles. The quantitative estimate of drug-likeness (QED) is 0.0230. The number of rotatable bonds is 50. The summed E-state index contributed by atoms with van der Waals surface area (Å²) < 4.78 is 57.0. The predicted molar refractivity (Wildman–Crippen MR) is 413 cm³/mol. The zero-order valence-corrected chi connectivity index (χ0v) is 75.9. The first-order chi connectivity index (χ1) is 49.4. The molecule has 638 valence electrons. The van der Waals surface area contributed by atoms with Gasteiger partial charge in [-0.1, -0.05) is 133 Å². The van der Waals surface area contributed by atoms with E-state index in [1.54, 1.807) is 0 Å². The standard InChI is InChI=1S/C15H29N2O3.C13H25N2.C12H20N2O.C11H21N2O2.2C11H21N2.C9H17N2.7ClH/c1-3-4-9-18-11-13-20-14-12-19-10-5-6-17-8-7-16(2)15-17;1-3-4-5-6-7-8-9-10-15-12-11-14(2)13-15;1-11(12(2)15)6-4-5-7-14-9-8-13(3)10-14;1-3-7-14-9-10-15-8-6-13-5-4-12(2)11-13;1-11(2)6-4-5-7-13-9-8-12(3)10-13;1-3-4-5-6-7-8-13-10-9-12(2)11-13;1-3-4-5-6-11-8-7-10(2)9-11;;;;;;;/h7-8,15H,3-6,9-14H2,1-2H3;11-13H,3-10H2,1-2H3;8-11H,2,4-7H2,1,3H3;4-5,11H,3,6-10H2,1-2H3;8-11H,4-7H2,1-3H3;9-11H,3-8H2,1-2H3;7-9H,3-6H2,1-2H3;7*1H/q2*+1;;4*+1;;;;;;;/p-6. The molecule has 0 fully saturated rings. The summed E-state index contributed by atoms with van der Waals surface area (Å²) in [7, 11) is 14.3. The molecule has 1 atom stereocenters. The summed E-state index contributed by atoms with van der Waals surface area (Å²) in [4.78, 5) is 0. The van der Waals surface area contributed by atoms with Crippen LogP contribution in [-0.4, -0.2) is 103 Å². The molecule has 7 aromatic heterocycles. The largest absolute Gasteiger partial charge is 1.00 e. The summed E-state index contributed by atoms with van der Waals surface area (Å²) in [6.45, 7) is 36.0. The van der Waals surface area contributed by atoms with Crippen molar-refractivity contribution in [3.05, 3.63) is 143 Å². The zero-order chi connectivity index (χ0) is 74.9. The van der Waals surface area contributed by atoms with E-state index in [0.717, 1.165) is 104 Å². The minimum Gasteiger partial charge on any atom is -1.00 e. The van der Waals surface area contributed by atoms with E-state index in [1.807, 2.05) is 72.9 Å². The normalized spacial score (nSPS) is 10.4. The van der Waals surface area contributed by atoms with Crippen LogP contribution in [0.5, 0.6) is 0 Å². The lowest BCUT2D eigenvalue weighted by Gasteiger charge is -2.07. The number of aliphatic hydroxyl groups is 1. The van der Waals surface area contributed by atoms with Crippen LogP contribution in [0.3, 0.4) is 0 Å². The van der Waals surface area contributed by atoms with E-state index < -0.39 is 0 Å². The molecule has 0 spiro atoms. The molecule has 0 saturated heterocycles. The first-order valence-electron chi connectivity index (χ1n) is 39.7. The van der Waals surface area contributed by atoms with Gasteiger partial charge in [-0.05, 0) is 89.4 Å². The predicted octanol–water partition coefficient (Wildman–Crippen LogP) is -7.48. The molecule has 0 aliphatic carbocycles. The topological polar surface area (TPSA) is 128 Å². The van der Waals surface area contributed by atoms with Crippen molar-refractivity contribution in [2.75, 3.05) is 66.1 Å². The van der Waals surface area contributed by atoms with Crippen LogP contribution in [0.15, 0.2) is 143 Å². The number of aryl methyl sites for hydroxylation is 13. The fourth-order valence-corrected chi connectivity index (χ4v) is 10.7. The zero-order valence-electron chi connectivity index (χ0n) is 70.6. The Bertz CT molecular complexity index is 2900. The van der Waals surface area contributed by atoms with E-state index in [1.165, 1.54) is 135 Å². The Labute approximate surface area is 707 Å². The number of hydrogen-bond acceptors (Lipinski definition) is 6. The highest BCUT2D eigenvalue weighted by Gasteiger charge is 2.08. The van der Waals surface area contributed by atoms with Crippen molar-refractivity contribution in [3.63, 3.8) is 0 Å². The van der Waals surface area contributed by atoms with Gasteiger partial charge in [0.05, 0.1) is 147 Å². The second kappa shape index (κ2) is 83.3. The van der Waals surface area contributed by atoms with Crippen LogP contribution < -0.4 is 119 Å². The molecule has 7 aromatic rings. The number of halogens is 7. The van der Waals surface area contributed by atoms with E-state index in [4.69, 9.17) is 28.8 Å².